The standard InChI is InChI=1S/C51H68N14O9S2/c1-5-6-18-42(65-49(73)29(3)59-51(65)74)35-25-75-76-26-41(30(4)66)64-47(71)39(21-32-23-56-36-16-11-10-15-34(32)36)63-45(69)37(17-12-19-55-50(52)53)60-46(70)38(20-31-13-8-7-9-14-31)62-48(72)40(22-33-24-54-27-57-33)61-43(67)28(2)58-44(35)68/h7-11,13-16,23-24,27-29,35,37-42,56H,5-6,12,17-22,25-26H2,1-4H3,(H,54,57)(H,58,68)(H,59,74)(H,60,70)(H,61,67)(H,62,72)(H,63,69)(H,64,71)(H4,52,53,55)/t28-,29+,35-,37+,38-,39+,40+,41+,42+/m1/s1. The van der Waals surface area contributed by atoms with Gasteiger partial charge in [0.05, 0.1) is 24.3 Å². The van der Waals surface area contributed by atoms with Gasteiger partial charge in [-0.15, -0.1) is 0 Å². The molecule has 2 saturated heterocycles. The number of imidazole rings is 1. The van der Waals surface area contributed by atoms with Crippen LogP contribution in [0.5, 0.6) is 0 Å². The molecule has 0 saturated carbocycles. The maximum Gasteiger partial charge on any atom is 0.325 e. The molecule has 9 atom stereocenters. The number of carbonyl (C=O) groups excluding carboxylic acids is 9. The van der Waals surface area contributed by atoms with Crippen molar-refractivity contribution in [3.8, 4) is 0 Å². The number of fused-ring (bicyclic) bond motifs is 1. The highest BCUT2D eigenvalue weighted by Crippen LogP contribution is 2.31. The predicted molar refractivity (Wildman–Crippen MR) is 289 cm³/mol. The second kappa shape index (κ2) is 27.9. The number of Topliss-reactive ketones (excluding diaryl/α,β-unsaturated/α-hetero) is 1. The molecule has 0 unspecified atom stereocenters. The van der Waals surface area contributed by atoms with Crippen molar-refractivity contribution >= 4 is 91.6 Å². The van der Waals surface area contributed by atoms with Crippen LogP contribution in [0, 0.1) is 5.92 Å². The maximum absolute atomic E-state index is 14.7. The van der Waals surface area contributed by atoms with Crippen LogP contribution in [0.25, 0.3) is 10.9 Å². The molecule has 2 fully saturated rings. The fraction of sp³-hybridized carbons (Fsp3) is 0.471. The van der Waals surface area contributed by atoms with Crippen LogP contribution in [0.1, 0.15) is 76.6 Å². The summed E-state index contributed by atoms with van der Waals surface area (Å²) in [7, 11) is 2.34. The average Bonchev–Trinajstić information content (AvgIpc) is 4.13. The number of H-pyrrole nitrogens is 2. The Labute approximate surface area is 448 Å². The molecule has 2 aromatic heterocycles. The molecule has 25 heteroatoms. The lowest BCUT2D eigenvalue weighted by Crippen LogP contribution is -2.60. The summed E-state index contributed by atoms with van der Waals surface area (Å²) in [5.74, 6) is -6.69. The van der Waals surface area contributed by atoms with Gasteiger partial charge in [0.2, 0.25) is 35.4 Å². The molecule has 76 heavy (non-hydrogen) atoms. The zero-order chi connectivity index (χ0) is 54.9. The highest BCUT2D eigenvalue weighted by Gasteiger charge is 2.45. The molecule has 0 bridgehead atoms. The number of aromatic nitrogens is 3. The number of aromatic amines is 2. The van der Waals surface area contributed by atoms with Gasteiger partial charge in [-0.05, 0) is 57.2 Å². The molecule has 4 heterocycles. The topological polar surface area (TPSA) is 350 Å². The number of carbonyl (C=O) groups is 9. The smallest absolute Gasteiger partial charge is 0.325 e. The van der Waals surface area contributed by atoms with Gasteiger partial charge in [0.15, 0.2) is 11.7 Å². The van der Waals surface area contributed by atoms with Crippen molar-refractivity contribution in [2.24, 2.45) is 22.4 Å². The van der Waals surface area contributed by atoms with Gasteiger partial charge in [-0.25, -0.2) is 9.78 Å². The molecule has 0 aliphatic carbocycles. The van der Waals surface area contributed by atoms with Gasteiger partial charge in [-0.3, -0.25) is 48.2 Å². The van der Waals surface area contributed by atoms with Crippen molar-refractivity contribution in [2.75, 3.05) is 18.1 Å². The van der Waals surface area contributed by atoms with Gasteiger partial charge in [0, 0.05) is 66.3 Å². The van der Waals surface area contributed by atoms with Crippen LogP contribution in [0.3, 0.4) is 0 Å². The average molecular weight is 1090 g/mol. The normalized spacial score (nSPS) is 24.3. The number of unbranched alkanes of at least 4 members (excludes halogenated alkanes) is 1. The number of nitrogens with one attached hydrogen (secondary N) is 9. The van der Waals surface area contributed by atoms with Crippen LogP contribution in [-0.2, 0) is 57.6 Å². The molecular weight excluding hydrogens is 1020 g/mol. The summed E-state index contributed by atoms with van der Waals surface area (Å²) in [5.41, 5.74) is 13.7. The summed E-state index contributed by atoms with van der Waals surface area (Å²) in [6, 6.07) is 6.01. The first-order valence-corrected chi connectivity index (χ1v) is 27.7. The third-order valence-corrected chi connectivity index (χ3v) is 15.6. The van der Waals surface area contributed by atoms with E-state index in [4.69, 9.17) is 11.5 Å². The molecule has 2 aliphatic rings. The minimum Gasteiger partial charge on any atom is -0.370 e. The summed E-state index contributed by atoms with van der Waals surface area (Å²) in [5, 5.41) is 20.2. The Morgan fingerprint density at radius 3 is 2.00 bits per heavy atom. The maximum atomic E-state index is 14.7. The number of hydrogen-bond donors (Lipinski definition) is 11. The number of benzene rings is 2. The minimum absolute atomic E-state index is 0.00252. The van der Waals surface area contributed by atoms with E-state index in [9.17, 15) is 43.2 Å². The van der Waals surface area contributed by atoms with E-state index in [1.54, 1.807) is 43.5 Å². The molecule has 6 rings (SSSR count). The number of amides is 9. The lowest BCUT2D eigenvalue weighted by molar-refractivity contribution is -0.136. The fourth-order valence-corrected chi connectivity index (χ4v) is 11.5. The quantitative estimate of drug-likeness (QED) is 0.0245. The van der Waals surface area contributed by atoms with Crippen LogP contribution in [0.4, 0.5) is 4.79 Å². The SMILES string of the molecule is CCCC[C@@H]([C@H]1CSSC[C@@H](C(C)=O)NC(=O)[C@H](Cc2c[nH]c3ccccc23)NC(=O)[C@H](CCCN=C(N)N)NC(=O)[C@@H](Cc2ccccc2)NC(=O)[C@H](Cc2cnc[nH]2)NC(=O)[C@@H](C)NC1=O)N1C(=O)N[C@@H](C)C1=O. The van der Waals surface area contributed by atoms with Crippen molar-refractivity contribution in [1.29, 1.82) is 0 Å². The molecule has 2 aliphatic heterocycles. The Bertz CT molecular complexity index is 2720. The lowest BCUT2D eigenvalue weighted by atomic mass is 9.93. The summed E-state index contributed by atoms with van der Waals surface area (Å²) in [4.78, 5) is 143. The van der Waals surface area contributed by atoms with Gasteiger partial charge in [-0.1, -0.05) is 89.9 Å². The number of ketones is 1. The number of urea groups is 1. The highest BCUT2D eigenvalue weighted by molar-refractivity contribution is 8.76. The van der Waals surface area contributed by atoms with E-state index in [0.717, 1.165) is 26.6 Å². The fourth-order valence-electron chi connectivity index (χ4n) is 8.88. The van der Waals surface area contributed by atoms with E-state index < -0.39 is 107 Å². The first kappa shape index (κ1) is 57.9. The molecule has 23 nitrogen and oxygen atoms in total. The number of aliphatic imine (C=N–C) groups is 1. The third-order valence-electron chi connectivity index (χ3n) is 13.1. The van der Waals surface area contributed by atoms with Crippen molar-refractivity contribution in [1.82, 2.24) is 57.1 Å². The van der Waals surface area contributed by atoms with Crippen LogP contribution in [0.2, 0.25) is 0 Å². The van der Waals surface area contributed by atoms with Crippen molar-refractivity contribution in [3.63, 3.8) is 0 Å². The summed E-state index contributed by atoms with van der Waals surface area (Å²) >= 11 is 0. The van der Waals surface area contributed by atoms with E-state index in [0.29, 0.717) is 29.7 Å². The van der Waals surface area contributed by atoms with Crippen LogP contribution in [-0.4, -0.2) is 145 Å². The minimum atomic E-state index is -1.36. The first-order chi connectivity index (χ1) is 36.4. The van der Waals surface area contributed by atoms with Crippen LogP contribution < -0.4 is 48.7 Å². The summed E-state index contributed by atoms with van der Waals surface area (Å²) in [6.07, 6.45) is 5.96. The Morgan fingerprint density at radius 1 is 0.711 bits per heavy atom. The zero-order valence-electron chi connectivity index (χ0n) is 42.9. The molecule has 13 N–H and O–H groups in total. The zero-order valence-corrected chi connectivity index (χ0v) is 44.5. The lowest BCUT2D eigenvalue weighted by Gasteiger charge is -2.33. The monoisotopic (exact) mass is 1080 g/mol. The van der Waals surface area contributed by atoms with Gasteiger partial charge < -0.3 is 58.7 Å². The number of rotatable bonds is 16. The Morgan fingerprint density at radius 2 is 1.34 bits per heavy atom. The Hall–Kier alpha value is -7.41. The number of hydrogen-bond acceptors (Lipinski definition) is 13. The number of imide groups is 1. The Kier molecular flexibility index (Phi) is 21.3. The number of para-hydroxylation sites is 1. The van der Waals surface area contributed by atoms with E-state index in [1.165, 1.54) is 37.2 Å². The van der Waals surface area contributed by atoms with Gasteiger partial charge in [0.1, 0.15) is 36.3 Å². The van der Waals surface area contributed by atoms with Crippen molar-refractivity contribution in [2.45, 2.75) is 127 Å². The van der Waals surface area contributed by atoms with E-state index in [1.807, 2.05) is 31.2 Å². The van der Waals surface area contributed by atoms with Gasteiger partial charge in [-0.2, -0.15) is 0 Å². The largest absolute Gasteiger partial charge is 0.370 e. The van der Waals surface area contributed by atoms with Crippen molar-refractivity contribution < 1.29 is 43.2 Å². The highest BCUT2D eigenvalue weighted by atomic mass is 33.1. The predicted octanol–water partition coefficient (Wildman–Crippen LogP) is 1.00. The molecule has 408 valence electrons. The van der Waals surface area contributed by atoms with E-state index in [-0.39, 0.29) is 62.5 Å². The van der Waals surface area contributed by atoms with Crippen LogP contribution in [0.15, 0.2) is 78.3 Å². The molecule has 9 amide bonds. The summed E-state index contributed by atoms with van der Waals surface area (Å²) < 4.78 is 0. The van der Waals surface area contributed by atoms with Gasteiger partial charge >= 0.3 is 6.03 Å². The third kappa shape index (κ3) is 16.1. The number of nitrogens with zero attached hydrogens (tertiary/aromatic N) is 3. The molecule has 0 radical (unpaired) electrons. The molecule has 0 spiro atoms. The second-order valence-electron chi connectivity index (χ2n) is 18.9. The van der Waals surface area contributed by atoms with Crippen molar-refractivity contribution in [3.05, 3.63) is 90.1 Å². The molecular formula is C51H68N14O9S2. The van der Waals surface area contributed by atoms with Gasteiger partial charge in [0.25, 0.3) is 5.91 Å². The Balaban J connectivity index is 1.41. The summed E-state index contributed by atoms with van der Waals surface area (Å²) in [6.45, 7) is 6.29. The number of guanidine groups is 1. The van der Waals surface area contributed by atoms with E-state index >= 15 is 0 Å². The first-order valence-electron chi connectivity index (χ1n) is 25.3. The van der Waals surface area contributed by atoms with Crippen LogP contribution >= 0.6 is 21.6 Å². The molecule has 4 aromatic rings. The molecule has 2 aromatic carbocycles. The second-order valence-corrected chi connectivity index (χ2v) is 21.4. The van der Waals surface area contributed by atoms with E-state index in [2.05, 4.69) is 57.2 Å². The number of nitrogens with two attached hydrogens (primary N) is 2.